The molecule has 2 rings (SSSR count). The average molecular weight is 383 g/mol. The molecule has 0 aliphatic carbocycles. The third kappa shape index (κ3) is 1.93. The number of hydrogen-bond acceptors (Lipinski definition) is 4. The lowest BCUT2D eigenvalue weighted by molar-refractivity contribution is 0.446. The predicted molar refractivity (Wildman–Crippen MR) is 64.6 cm³/mol. The van der Waals surface area contributed by atoms with E-state index in [1.54, 1.807) is 28.7 Å². The quantitative estimate of drug-likeness (QED) is 0.740. The molecule has 7 heteroatoms. The minimum atomic E-state index is -0.401. The molecule has 0 bridgehead atoms. The van der Waals surface area contributed by atoms with Crippen molar-refractivity contribution in [2.75, 3.05) is 0 Å². The molecule has 2 heterocycles. The maximum absolute atomic E-state index is 11.3. The van der Waals surface area contributed by atoms with Crippen LogP contribution in [0.5, 0.6) is 5.88 Å². The molecule has 0 atom stereocenters. The normalized spacial score (nSPS) is 10.5. The molecule has 0 unspecified atom stereocenters. The molecule has 0 aliphatic rings. The first-order valence-corrected chi connectivity index (χ1v) is 5.69. The Balaban J connectivity index is 2.66. The van der Waals surface area contributed by atoms with Crippen LogP contribution in [0.3, 0.4) is 0 Å². The molecule has 0 aliphatic heterocycles. The zero-order valence-electron chi connectivity index (χ0n) is 7.12. The third-order valence-corrected chi connectivity index (χ3v) is 3.27. The van der Waals surface area contributed by atoms with E-state index in [-0.39, 0.29) is 15.3 Å². The molecule has 2 aromatic heterocycles. The molecule has 0 amide bonds. The number of aromatic nitrogens is 2. The Bertz CT molecular complexity index is 563. The van der Waals surface area contributed by atoms with Crippen molar-refractivity contribution in [3.8, 4) is 17.5 Å². The van der Waals surface area contributed by atoms with Gasteiger partial charge >= 0.3 is 0 Å². The second kappa shape index (κ2) is 3.97. The Morgan fingerprint density at radius 1 is 1.60 bits per heavy atom. The Labute approximate surface area is 106 Å². The van der Waals surface area contributed by atoms with E-state index in [1.807, 2.05) is 0 Å². The van der Waals surface area contributed by atoms with Crippen LogP contribution in [0.25, 0.3) is 11.6 Å². The van der Waals surface area contributed by atoms with Gasteiger partial charge in [-0.25, -0.2) is 0 Å². The fourth-order valence-electron chi connectivity index (χ4n) is 1.02. The zero-order chi connectivity index (χ0) is 11.0. The molecule has 5 nitrogen and oxygen atoms in total. The molecule has 78 valence electrons. The van der Waals surface area contributed by atoms with Crippen LogP contribution < -0.4 is 5.56 Å². The summed E-state index contributed by atoms with van der Waals surface area (Å²) in [5, 5.41) is 9.38. The predicted octanol–water partition coefficient (Wildman–Crippen LogP) is 2.10. The molecular weight excluding hydrogens is 379 g/mol. The maximum atomic E-state index is 11.3. The fraction of sp³-hybridized carbons (Fsp3) is 0. The number of nitrogens with zero attached hydrogens (tertiary/aromatic N) is 1. The van der Waals surface area contributed by atoms with Gasteiger partial charge < -0.3 is 14.5 Å². The number of aromatic amines is 1. The minimum Gasteiger partial charge on any atom is -0.492 e. The fourth-order valence-corrected chi connectivity index (χ4v) is 1.66. The Kier molecular flexibility index (Phi) is 2.83. The van der Waals surface area contributed by atoms with Gasteiger partial charge in [-0.2, -0.15) is 4.98 Å². The van der Waals surface area contributed by atoms with Crippen LogP contribution in [0.4, 0.5) is 0 Å². The monoisotopic (exact) mass is 382 g/mol. The summed E-state index contributed by atoms with van der Waals surface area (Å²) >= 11 is 4.94. The molecule has 0 radical (unpaired) electrons. The molecule has 0 saturated carbocycles. The number of halogens is 2. The van der Waals surface area contributed by atoms with Gasteiger partial charge in [0.25, 0.3) is 5.56 Å². The van der Waals surface area contributed by atoms with E-state index in [9.17, 15) is 9.90 Å². The van der Waals surface area contributed by atoms with Gasteiger partial charge in [0.1, 0.15) is 3.57 Å². The highest BCUT2D eigenvalue weighted by Gasteiger charge is 2.13. The van der Waals surface area contributed by atoms with E-state index in [0.29, 0.717) is 10.2 Å². The van der Waals surface area contributed by atoms with Crippen molar-refractivity contribution >= 4 is 38.5 Å². The first-order valence-electron chi connectivity index (χ1n) is 3.81. The Hall–Kier alpha value is -0.830. The Morgan fingerprint density at radius 3 is 2.87 bits per heavy atom. The molecule has 2 aromatic rings. The minimum absolute atomic E-state index is 0.152. The summed E-state index contributed by atoms with van der Waals surface area (Å²) in [6.07, 6.45) is 1.45. The molecule has 0 spiro atoms. The zero-order valence-corrected chi connectivity index (χ0v) is 10.9. The van der Waals surface area contributed by atoms with Crippen LogP contribution in [0.2, 0.25) is 0 Å². The van der Waals surface area contributed by atoms with Gasteiger partial charge in [-0.15, -0.1) is 0 Å². The number of rotatable bonds is 1. The van der Waals surface area contributed by atoms with Gasteiger partial charge in [0.2, 0.25) is 5.88 Å². The molecule has 0 aromatic carbocycles. The van der Waals surface area contributed by atoms with Crippen molar-refractivity contribution in [2.24, 2.45) is 0 Å². The molecule has 0 fully saturated rings. The summed E-state index contributed by atoms with van der Waals surface area (Å²) in [7, 11) is 0. The second-order valence-corrected chi connectivity index (χ2v) is 4.58. The summed E-state index contributed by atoms with van der Waals surface area (Å²) in [6.45, 7) is 0. The van der Waals surface area contributed by atoms with Crippen LogP contribution in [0.15, 0.2) is 26.0 Å². The topological polar surface area (TPSA) is 79.1 Å². The van der Waals surface area contributed by atoms with E-state index in [0.717, 1.165) is 0 Å². The second-order valence-electron chi connectivity index (χ2n) is 2.65. The number of hydrogen-bond donors (Lipinski definition) is 2. The summed E-state index contributed by atoms with van der Waals surface area (Å²) in [4.78, 5) is 17.7. The van der Waals surface area contributed by atoms with Crippen molar-refractivity contribution < 1.29 is 9.52 Å². The molecule has 0 saturated heterocycles. The number of furan rings is 1. The van der Waals surface area contributed by atoms with E-state index in [4.69, 9.17) is 4.42 Å². The maximum Gasteiger partial charge on any atom is 0.268 e. The molecule has 2 N–H and O–H groups in total. The van der Waals surface area contributed by atoms with Gasteiger partial charge in [0, 0.05) is 0 Å². The lowest BCUT2D eigenvalue weighted by Gasteiger charge is -1.99. The summed E-state index contributed by atoms with van der Waals surface area (Å²) in [5.41, 5.74) is -0.401. The van der Waals surface area contributed by atoms with Crippen LogP contribution >= 0.6 is 38.5 Å². The van der Waals surface area contributed by atoms with Crippen molar-refractivity contribution in [1.82, 2.24) is 9.97 Å². The highest BCUT2D eigenvalue weighted by atomic mass is 127. The Morgan fingerprint density at radius 2 is 2.33 bits per heavy atom. The van der Waals surface area contributed by atoms with E-state index >= 15 is 0 Å². The molecular formula is C8H4BrIN2O3. The largest absolute Gasteiger partial charge is 0.492 e. The summed E-state index contributed by atoms with van der Waals surface area (Å²) in [6, 6.07) is 1.67. The SMILES string of the molecule is O=c1[nH]c(-c2occc2Br)nc(O)c1I. The average Bonchev–Trinajstić information content (AvgIpc) is 2.60. The number of aromatic hydroxyl groups is 1. The smallest absolute Gasteiger partial charge is 0.268 e. The van der Waals surface area contributed by atoms with E-state index in [2.05, 4.69) is 25.9 Å². The molecule has 15 heavy (non-hydrogen) atoms. The third-order valence-electron chi connectivity index (χ3n) is 1.68. The highest BCUT2D eigenvalue weighted by Crippen LogP contribution is 2.27. The van der Waals surface area contributed by atoms with Crippen molar-refractivity contribution in [3.63, 3.8) is 0 Å². The first kappa shape index (κ1) is 10.7. The van der Waals surface area contributed by atoms with Crippen molar-refractivity contribution in [2.45, 2.75) is 0 Å². The van der Waals surface area contributed by atoms with Gasteiger partial charge in [0.15, 0.2) is 11.6 Å². The van der Waals surface area contributed by atoms with E-state index < -0.39 is 5.56 Å². The number of nitrogens with one attached hydrogen (secondary N) is 1. The van der Waals surface area contributed by atoms with Gasteiger partial charge in [0.05, 0.1) is 10.7 Å². The van der Waals surface area contributed by atoms with Crippen LogP contribution in [0.1, 0.15) is 0 Å². The standard InChI is InChI=1S/C8H4BrIN2O3/c9-3-1-2-15-5(3)6-11-7(13)4(10)8(14)12-6/h1-2H,(H2,11,12,13,14). The van der Waals surface area contributed by atoms with Gasteiger partial charge in [-0.1, -0.05) is 0 Å². The lowest BCUT2D eigenvalue weighted by Crippen LogP contribution is -2.12. The van der Waals surface area contributed by atoms with Crippen LogP contribution in [0, 0.1) is 3.57 Å². The van der Waals surface area contributed by atoms with Crippen molar-refractivity contribution in [1.29, 1.82) is 0 Å². The highest BCUT2D eigenvalue weighted by molar-refractivity contribution is 14.1. The van der Waals surface area contributed by atoms with E-state index in [1.165, 1.54) is 6.26 Å². The van der Waals surface area contributed by atoms with Crippen molar-refractivity contribution in [3.05, 3.63) is 30.7 Å². The summed E-state index contributed by atoms with van der Waals surface area (Å²) in [5.74, 6) is 0.256. The number of H-pyrrole nitrogens is 1. The lowest BCUT2D eigenvalue weighted by atomic mass is 10.4. The van der Waals surface area contributed by atoms with Crippen LogP contribution in [-0.2, 0) is 0 Å². The van der Waals surface area contributed by atoms with Gasteiger partial charge in [-0.05, 0) is 44.6 Å². The van der Waals surface area contributed by atoms with Gasteiger partial charge in [-0.3, -0.25) is 4.79 Å². The summed E-state index contributed by atoms with van der Waals surface area (Å²) < 4.78 is 5.92. The first-order chi connectivity index (χ1) is 7.09. The van der Waals surface area contributed by atoms with Crippen LogP contribution in [-0.4, -0.2) is 15.1 Å².